The van der Waals surface area contributed by atoms with Crippen LogP contribution in [0.1, 0.15) is 34.5 Å². The van der Waals surface area contributed by atoms with Gasteiger partial charge in [0, 0.05) is 6.04 Å². The summed E-state index contributed by atoms with van der Waals surface area (Å²) in [5.41, 5.74) is 4.14. The molecule has 18 heavy (non-hydrogen) atoms. The zero-order valence-corrected chi connectivity index (χ0v) is 11.9. The van der Waals surface area contributed by atoms with Gasteiger partial charge in [-0.1, -0.05) is 29.6 Å². The van der Waals surface area contributed by atoms with E-state index in [0.717, 1.165) is 13.0 Å². The Bertz CT molecular complexity index is 473. The highest BCUT2D eigenvalue weighted by molar-refractivity contribution is 7.05. The molecule has 1 atom stereocenters. The Morgan fingerprint density at radius 2 is 2.00 bits per heavy atom. The largest absolute Gasteiger partial charge is 0.309 e. The van der Waals surface area contributed by atoms with Crippen LogP contribution in [0.15, 0.2) is 24.4 Å². The molecule has 0 fully saturated rings. The van der Waals surface area contributed by atoms with Crippen molar-refractivity contribution in [3.05, 3.63) is 46.0 Å². The average molecular weight is 261 g/mol. The van der Waals surface area contributed by atoms with Crippen molar-refractivity contribution < 1.29 is 0 Å². The number of likely N-dealkylation sites (N-methyl/N-ethyl adjacent to an activating group) is 1. The summed E-state index contributed by atoms with van der Waals surface area (Å²) in [5.74, 6) is 0. The van der Waals surface area contributed by atoms with Gasteiger partial charge in [-0.3, -0.25) is 0 Å². The molecule has 0 aliphatic heterocycles. The van der Waals surface area contributed by atoms with Gasteiger partial charge in [0.2, 0.25) is 0 Å². The normalized spacial score (nSPS) is 12.6. The van der Waals surface area contributed by atoms with E-state index in [2.05, 4.69) is 53.9 Å². The maximum atomic E-state index is 3.96. The fourth-order valence-electron chi connectivity index (χ4n) is 2.22. The Hall–Kier alpha value is -1.26. The van der Waals surface area contributed by atoms with Gasteiger partial charge >= 0.3 is 0 Å². The van der Waals surface area contributed by atoms with E-state index in [9.17, 15) is 0 Å². The number of nitrogens with zero attached hydrogens (tertiary/aromatic N) is 2. The van der Waals surface area contributed by atoms with Gasteiger partial charge in [-0.25, -0.2) is 0 Å². The van der Waals surface area contributed by atoms with Gasteiger partial charge in [0.25, 0.3) is 0 Å². The highest BCUT2D eigenvalue weighted by atomic mass is 32.1. The standard InChI is InChI=1S/C14H19N3S/c1-4-15-13(14-9-16-17-18-14)8-12-10(2)6-5-7-11(12)3/h5-7,9,13,15H,4,8H2,1-3H3. The summed E-state index contributed by atoms with van der Waals surface area (Å²) in [4.78, 5) is 1.21. The topological polar surface area (TPSA) is 37.8 Å². The van der Waals surface area contributed by atoms with Crippen LogP contribution in [0.3, 0.4) is 0 Å². The van der Waals surface area contributed by atoms with Crippen LogP contribution in [0.5, 0.6) is 0 Å². The first kappa shape index (κ1) is 13.2. The molecule has 0 amide bonds. The second-order valence-corrected chi connectivity index (χ2v) is 5.32. The van der Waals surface area contributed by atoms with Crippen LogP contribution in [0.2, 0.25) is 0 Å². The minimum atomic E-state index is 0.315. The molecular weight excluding hydrogens is 242 g/mol. The van der Waals surface area contributed by atoms with E-state index < -0.39 is 0 Å². The Morgan fingerprint density at radius 1 is 1.28 bits per heavy atom. The maximum Gasteiger partial charge on any atom is 0.0669 e. The molecule has 0 aliphatic rings. The minimum absolute atomic E-state index is 0.315. The van der Waals surface area contributed by atoms with Gasteiger partial charge in [0.05, 0.1) is 11.1 Å². The Morgan fingerprint density at radius 3 is 2.56 bits per heavy atom. The monoisotopic (exact) mass is 261 g/mol. The molecule has 2 aromatic rings. The van der Waals surface area contributed by atoms with Crippen LogP contribution < -0.4 is 5.32 Å². The average Bonchev–Trinajstić information content (AvgIpc) is 2.86. The number of nitrogens with one attached hydrogen (secondary N) is 1. The zero-order valence-electron chi connectivity index (χ0n) is 11.1. The van der Waals surface area contributed by atoms with Gasteiger partial charge in [-0.2, -0.15) is 0 Å². The molecule has 0 aliphatic carbocycles. The van der Waals surface area contributed by atoms with Crippen molar-refractivity contribution in [1.29, 1.82) is 0 Å². The van der Waals surface area contributed by atoms with Crippen LogP contribution >= 0.6 is 11.5 Å². The highest BCUT2D eigenvalue weighted by Crippen LogP contribution is 2.24. The first-order valence-electron chi connectivity index (χ1n) is 6.28. The molecule has 0 saturated carbocycles. The fourth-order valence-corrected chi connectivity index (χ4v) is 2.80. The number of hydrogen-bond acceptors (Lipinski definition) is 4. The number of benzene rings is 1. The van der Waals surface area contributed by atoms with E-state index in [0.29, 0.717) is 6.04 Å². The summed E-state index contributed by atoms with van der Waals surface area (Å²) in [6, 6.07) is 6.78. The molecule has 3 nitrogen and oxygen atoms in total. The molecule has 1 heterocycles. The van der Waals surface area contributed by atoms with Gasteiger partial charge in [0.1, 0.15) is 0 Å². The Kier molecular flexibility index (Phi) is 4.44. The van der Waals surface area contributed by atoms with Crippen molar-refractivity contribution in [2.24, 2.45) is 0 Å². The lowest BCUT2D eigenvalue weighted by atomic mass is 9.96. The second-order valence-electron chi connectivity index (χ2n) is 4.50. The molecule has 1 N–H and O–H groups in total. The smallest absolute Gasteiger partial charge is 0.0669 e. The number of rotatable bonds is 5. The third-order valence-electron chi connectivity index (χ3n) is 3.23. The number of hydrogen-bond donors (Lipinski definition) is 1. The van der Waals surface area contributed by atoms with E-state index in [1.807, 2.05) is 6.20 Å². The van der Waals surface area contributed by atoms with E-state index >= 15 is 0 Å². The SMILES string of the molecule is CCNC(Cc1c(C)cccc1C)c1cnns1. The summed E-state index contributed by atoms with van der Waals surface area (Å²) in [5, 5.41) is 7.46. The summed E-state index contributed by atoms with van der Waals surface area (Å²) in [6.07, 6.45) is 2.86. The summed E-state index contributed by atoms with van der Waals surface area (Å²) in [7, 11) is 0. The van der Waals surface area contributed by atoms with Crippen molar-refractivity contribution >= 4 is 11.5 Å². The number of aromatic nitrogens is 2. The van der Waals surface area contributed by atoms with Crippen molar-refractivity contribution in [3.63, 3.8) is 0 Å². The van der Waals surface area contributed by atoms with Crippen LogP contribution in [0.25, 0.3) is 0 Å². The molecule has 0 spiro atoms. The number of aryl methyl sites for hydroxylation is 2. The van der Waals surface area contributed by atoms with E-state index in [1.165, 1.54) is 33.1 Å². The summed E-state index contributed by atoms with van der Waals surface area (Å²) >= 11 is 1.48. The third kappa shape index (κ3) is 2.94. The Balaban J connectivity index is 2.24. The molecule has 0 bridgehead atoms. The molecule has 1 unspecified atom stereocenters. The van der Waals surface area contributed by atoms with Crippen LogP contribution in [-0.4, -0.2) is 16.1 Å². The fraction of sp³-hybridized carbons (Fsp3) is 0.429. The van der Waals surface area contributed by atoms with Crippen molar-refractivity contribution in [2.75, 3.05) is 6.54 Å². The first-order valence-corrected chi connectivity index (χ1v) is 7.05. The molecule has 2 rings (SSSR count). The molecule has 96 valence electrons. The molecule has 0 saturated heterocycles. The zero-order chi connectivity index (χ0) is 13.0. The quantitative estimate of drug-likeness (QED) is 0.899. The minimum Gasteiger partial charge on any atom is -0.309 e. The van der Waals surface area contributed by atoms with Crippen molar-refractivity contribution in [3.8, 4) is 0 Å². The van der Waals surface area contributed by atoms with Gasteiger partial charge < -0.3 is 5.32 Å². The Labute approximate surface area is 112 Å². The van der Waals surface area contributed by atoms with Gasteiger partial charge in [0.15, 0.2) is 0 Å². The van der Waals surface area contributed by atoms with E-state index in [1.54, 1.807) is 0 Å². The van der Waals surface area contributed by atoms with Crippen LogP contribution in [0, 0.1) is 13.8 Å². The highest BCUT2D eigenvalue weighted by Gasteiger charge is 2.15. The predicted octanol–water partition coefficient (Wildman–Crippen LogP) is 3.05. The van der Waals surface area contributed by atoms with Crippen LogP contribution in [0.4, 0.5) is 0 Å². The molecule has 4 heteroatoms. The molecule has 0 radical (unpaired) electrons. The first-order chi connectivity index (χ1) is 8.72. The van der Waals surface area contributed by atoms with Crippen molar-refractivity contribution in [1.82, 2.24) is 14.9 Å². The predicted molar refractivity (Wildman–Crippen MR) is 75.9 cm³/mol. The maximum absolute atomic E-state index is 3.96. The lowest BCUT2D eigenvalue weighted by Gasteiger charge is -2.18. The van der Waals surface area contributed by atoms with E-state index in [-0.39, 0.29) is 0 Å². The molecular formula is C14H19N3S. The summed E-state index contributed by atoms with van der Waals surface area (Å²) < 4.78 is 3.96. The van der Waals surface area contributed by atoms with Gasteiger partial charge in [-0.05, 0) is 55.0 Å². The second kappa shape index (κ2) is 6.07. The van der Waals surface area contributed by atoms with Crippen LogP contribution in [-0.2, 0) is 6.42 Å². The third-order valence-corrected chi connectivity index (χ3v) is 4.00. The van der Waals surface area contributed by atoms with E-state index in [4.69, 9.17) is 0 Å². The van der Waals surface area contributed by atoms with Gasteiger partial charge in [-0.15, -0.1) is 5.10 Å². The molecule has 1 aromatic heterocycles. The lowest BCUT2D eigenvalue weighted by Crippen LogP contribution is -2.22. The summed E-state index contributed by atoms with van der Waals surface area (Å²) in [6.45, 7) is 7.44. The molecule has 1 aromatic carbocycles. The lowest BCUT2D eigenvalue weighted by molar-refractivity contribution is 0.555. The van der Waals surface area contributed by atoms with Crippen molar-refractivity contribution in [2.45, 2.75) is 33.2 Å².